The van der Waals surface area contributed by atoms with Gasteiger partial charge in [0.25, 0.3) is 0 Å². The topological polar surface area (TPSA) is 59.4 Å². The number of nitrogens with zero attached hydrogens (tertiary/aromatic N) is 1. The fraction of sp³-hybridized carbons (Fsp3) is 0.0769. The highest BCUT2D eigenvalue weighted by molar-refractivity contribution is 5.91. The molecule has 0 aliphatic rings. The number of pyridine rings is 1. The number of aromatic carboxylic acids is 1. The van der Waals surface area contributed by atoms with Crippen LogP contribution in [0.5, 0.6) is 11.5 Å². The number of aromatic nitrogens is 1. The fourth-order valence-corrected chi connectivity index (χ4v) is 1.50. The summed E-state index contributed by atoms with van der Waals surface area (Å²) in [5, 5.41) is 8.97. The smallest absolute Gasteiger partial charge is 0.416 e. The summed E-state index contributed by atoms with van der Waals surface area (Å²) < 4.78 is 42.9. The third-order valence-electron chi connectivity index (χ3n) is 2.40. The minimum Gasteiger partial charge on any atom is -0.478 e. The monoisotopic (exact) mass is 283 g/mol. The lowest BCUT2D eigenvalue weighted by Crippen LogP contribution is -2.08. The Morgan fingerprint density at radius 1 is 1.25 bits per heavy atom. The van der Waals surface area contributed by atoms with Crippen molar-refractivity contribution in [3.63, 3.8) is 0 Å². The first kappa shape index (κ1) is 13.9. The third-order valence-corrected chi connectivity index (χ3v) is 2.40. The summed E-state index contributed by atoms with van der Waals surface area (Å²) in [4.78, 5) is 14.8. The van der Waals surface area contributed by atoms with Gasteiger partial charge in [0.2, 0.25) is 0 Å². The molecule has 104 valence electrons. The van der Waals surface area contributed by atoms with Gasteiger partial charge in [-0.25, -0.2) is 4.79 Å². The maximum atomic E-state index is 12.5. The van der Waals surface area contributed by atoms with Crippen molar-refractivity contribution in [2.24, 2.45) is 0 Å². The van der Waals surface area contributed by atoms with Crippen LogP contribution in [0.2, 0.25) is 0 Å². The standard InChI is InChI=1S/C13H8F3NO3/c14-13(15,16)8-3-4-11(10(6-8)12(18)19)20-9-2-1-5-17-7-9/h1-7H,(H,18,19). The molecule has 0 saturated heterocycles. The summed E-state index contributed by atoms with van der Waals surface area (Å²) in [5.74, 6) is -1.46. The molecule has 7 heteroatoms. The largest absolute Gasteiger partial charge is 0.478 e. The lowest BCUT2D eigenvalue weighted by Gasteiger charge is -2.11. The van der Waals surface area contributed by atoms with Crippen LogP contribution >= 0.6 is 0 Å². The Kier molecular flexibility index (Phi) is 3.60. The van der Waals surface area contributed by atoms with Crippen LogP contribution in [0.15, 0.2) is 42.7 Å². The van der Waals surface area contributed by atoms with Gasteiger partial charge < -0.3 is 9.84 Å². The Morgan fingerprint density at radius 2 is 2.00 bits per heavy atom. The van der Waals surface area contributed by atoms with Gasteiger partial charge in [-0.2, -0.15) is 13.2 Å². The van der Waals surface area contributed by atoms with Crippen LogP contribution in [0.25, 0.3) is 0 Å². The van der Waals surface area contributed by atoms with E-state index in [0.29, 0.717) is 6.07 Å². The van der Waals surface area contributed by atoms with Gasteiger partial charge >= 0.3 is 12.1 Å². The van der Waals surface area contributed by atoms with E-state index < -0.39 is 23.3 Å². The lowest BCUT2D eigenvalue weighted by molar-refractivity contribution is -0.137. The molecule has 0 radical (unpaired) electrons. The van der Waals surface area contributed by atoms with Gasteiger partial charge in [-0.3, -0.25) is 4.98 Å². The number of hydrogen-bond acceptors (Lipinski definition) is 3. The maximum absolute atomic E-state index is 12.5. The highest BCUT2D eigenvalue weighted by atomic mass is 19.4. The fourth-order valence-electron chi connectivity index (χ4n) is 1.50. The van der Waals surface area contributed by atoms with Crippen LogP contribution in [0.3, 0.4) is 0 Å². The van der Waals surface area contributed by atoms with Crippen molar-refractivity contribution in [2.45, 2.75) is 6.18 Å². The Morgan fingerprint density at radius 3 is 2.55 bits per heavy atom. The molecule has 1 heterocycles. The number of carboxylic acids is 1. The minimum atomic E-state index is -4.61. The SMILES string of the molecule is O=C(O)c1cc(C(F)(F)F)ccc1Oc1cccnc1. The van der Waals surface area contributed by atoms with Crippen molar-refractivity contribution in [3.8, 4) is 11.5 Å². The molecule has 0 saturated carbocycles. The quantitative estimate of drug-likeness (QED) is 0.935. The van der Waals surface area contributed by atoms with Crippen LogP contribution in [0, 0.1) is 0 Å². The van der Waals surface area contributed by atoms with Crippen molar-refractivity contribution >= 4 is 5.97 Å². The number of carboxylic acid groups (broad SMARTS) is 1. The van der Waals surface area contributed by atoms with Gasteiger partial charge in [0.1, 0.15) is 17.1 Å². The van der Waals surface area contributed by atoms with Gasteiger partial charge in [-0.1, -0.05) is 0 Å². The van der Waals surface area contributed by atoms with Crippen LogP contribution in [-0.4, -0.2) is 16.1 Å². The molecular weight excluding hydrogens is 275 g/mol. The van der Waals surface area contributed by atoms with E-state index in [2.05, 4.69) is 4.98 Å². The van der Waals surface area contributed by atoms with Crippen LogP contribution in [0.1, 0.15) is 15.9 Å². The van der Waals surface area contributed by atoms with E-state index in [9.17, 15) is 18.0 Å². The molecule has 0 aliphatic carbocycles. The summed E-state index contributed by atoms with van der Waals surface area (Å²) in [5.41, 5.74) is -1.61. The van der Waals surface area contributed by atoms with Crippen LogP contribution < -0.4 is 4.74 Å². The predicted molar refractivity (Wildman–Crippen MR) is 62.7 cm³/mol. The zero-order valence-electron chi connectivity index (χ0n) is 9.89. The van der Waals surface area contributed by atoms with Gasteiger partial charge in [0.05, 0.1) is 11.8 Å². The van der Waals surface area contributed by atoms with Gasteiger partial charge in [-0.05, 0) is 30.3 Å². The van der Waals surface area contributed by atoms with E-state index >= 15 is 0 Å². The number of alkyl halides is 3. The van der Waals surface area contributed by atoms with E-state index in [1.807, 2.05) is 0 Å². The molecule has 2 rings (SSSR count). The Balaban J connectivity index is 2.41. The second-order valence-corrected chi connectivity index (χ2v) is 3.80. The highest BCUT2D eigenvalue weighted by Gasteiger charge is 2.32. The summed E-state index contributed by atoms with van der Waals surface area (Å²) in [6.07, 6.45) is -1.81. The number of halogens is 3. The van der Waals surface area contributed by atoms with E-state index in [1.54, 1.807) is 6.07 Å². The maximum Gasteiger partial charge on any atom is 0.416 e. The molecule has 0 amide bonds. The van der Waals surface area contributed by atoms with Crippen molar-refractivity contribution in [1.82, 2.24) is 4.98 Å². The molecule has 1 aromatic heterocycles. The van der Waals surface area contributed by atoms with E-state index in [0.717, 1.165) is 12.1 Å². The normalized spacial score (nSPS) is 11.2. The van der Waals surface area contributed by atoms with Crippen molar-refractivity contribution in [2.75, 3.05) is 0 Å². The zero-order valence-corrected chi connectivity index (χ0v) is 9.89. The molecule has 0 aliphatic heterocycles. The van der Waals surface area contributed by atoms with Gasteiger partial charge in [-0.15, -0.1) is 0 Å². The summed E-state index contributed by atoms with van der Waals surface area (Å²) in [7, 11) is 0. The van der Waals surface area contributed by atoms with E-state index in [1.165, 1.54) is 18.5 Å². The number of benzene rings is 1. The molecular formula is C13H8F3NO3. The molecule has 1 aromatic carbocycles. The number of rotatable bonds is 3. The molecule has 2 aromatic rings. The van der Waals surface area contributed by atoms with Gasteiger partial charge in [0, 0.05) is 6.20 Å². The van der Waals surface area contributed by atoms with Gasteiger partial charge in [0.15, 0.2) is 0 Å². The minimum absolute atomic E-state index is 0.182. The third kappa shape index (κ3) is 3.05. The summed E-state index contributed by atoms with van der Waals surface area (Å²) in [6.45, 7) is 0. The summed E-state index contributed by atoms with van der Waals surface area (Å²) in [6, 6.07) is 5.33. The molecule has 0 atom stereocenters. The summed E-state index contributed by atoms with van der Waals surface area (Å²) >= 11 is 0. The number of ether oxygens (including phenoxy) is 1. The van der Waals surface area contributed by atoms with E-state index in [4.69, 9.17) is 9.84 Å². The first-order valence-corrected chi connectivity index (χ1v) is 5.40. The van der Waals surface area contributed by atoms with E-state index in [-0.39, 0.29) is 11.5 Å². The average molecular weight is 283 g/mol. The molecule has 20 heavy (non-hydrogen) atoms. The first-order chi connectivity index (χ1) is 9.38. The Labute approximate surface area is 111 Å². The number of hydrogen-bond donors (Lipinski definition) is 1. The number of carbonyl (C=O) groups is 1. The molecule has 1 N–H and O–H groups in total. The van der Waals surface area contributed by atoms with Crippen LogP contribution in [-0.2, 0) is 6.18 Å². The van der Waals surface area contributed by atoms with Crippen molar-refractivity contribution in [3.05, 3.63) is 53.9 Å². The highest BCUT2D eigenvalue weighted by Crippen LogP contribution is 2.33. The van der Waals surface area contributed by atoms with Crippen molar-refractivity contribution in [1.29, 1.82) is 0 Å². The predicted octanol–water partition coefficient (Wildman–Crippen LogP) is 3.59. The molecule has 0 bridgehead atoms. The van der Waals surface area contributed by atoms with Crippen LogP contribution in [0.4, 0.5) is 13.2 Å². The second kappa shape index (κ2) is 5.20. The average Bonchev–Trinajstić information content (AvgIpc) is 2.38. The second-order valence-electron chi connectivity index (χ2n) is 3.80. The molecule has 4 nitrogen and oxygen atoms in total. The Bertz CT molecular complexity index is 627. The molecule has 0 fully saturated rings. The molecule has 0 unspecified atom stereocenters. The lowest BCUT2D eigenvalue weighted by atomic mass is 10.1. The molecule has 0 spiro atoms. The zero-order chi connectivity index (χ0) is 14.8. The Hall–Kier alpha value is -2.57. The van der Waals surface area contributed by atoms with Crippen molar-refractivity contribution < 1.29 is 27.8 Å². The first-order valence-electron chi connectivity index (χ1n) is 5.40.